The second-order valence-corrected chi connectivity index (χ2v) is 4.45. The topological polar surface area (TPSA) is 0 Å². The largest absolute Gasteiger partial charge is 0.142 e. The van der Waals surface area contributed by atoms with E-state index in [0.717, 1.165) is 11.4 Å². The first-order valence-electron chi connectivity index (χ1n) is 4.39. The summed E-state index contributed by atoms with van der Waals surface area (Å²) in [5, 5.41) is 4.40. The predicted octanol–water partition coefficient (Wildman–Crippen LogP) is 4.43. The van der Waals surface area contributed by atoms with Crippen molar-refractivity contribution in [2.24, 2.45) is 0 Å². The first kappa shape index (κ1) is 9.04. The van der Waals surface area contributed by atoms with Crippen LogP contribution in [0.4, 0.5) is 0 Å². The molecule has 0 spiro atoms. The van der Waals surface area contributed by atoms with E-state index in [9.17, 15) is 0 Å². The summed E-state index contributed by atoms with van der Waals surface area (Å²) in [6.07, 6.45) is 1.01. The highest BCUT2D eigenvalue weighted by molar-refractivity contribution is 7.18. The zero-order valence-electron chi connectivity index (χ0n) is 7.73. The molecule has 2 rings (SSSR count). The van der Waals surface area contributed by atoms with E-state index in [1.54, 1.807) is 11.3 Å². The highest BCUT2D eigenvalue weighted by atomic mass is 35.5. The molecule has 0 radical (unpaired) electrons. The fourth-order valence-electron chi connectivity index (χ4n) is 1.51. The van der Waals surface area contributed by atoms with Gasteiger partial charge in [0.25, 0.3) is 0 Å². The average Bonchev–Trinajstić information content (AvgIpc) is 2.50. The van der Waals surface area contributed by atoms with Crippen LogP contribution >= 0.6 is 22.9 Å². The highest BCUT2D eigenvalue weighted by Gasteiger charge is 2.06. The summed E-state index contributed by atoms with van der Waals surface area (Å²) in [5.41, 5.74) is 2.57. The molecule has 0 nitrogen and oxygen atoms in total. The lowest BCUT2D eigenvalue weighted by Gasteiger charge is -2.01. The summed E-state index contributed by atoms with van der Waals surface area (Å²) < 4.78 is 1.23. The van der Waals surface area contributed by atoms with Crippen LogP contribution in [0.5, 0.6) is 0 Å². The minimum atomic E-state index is 0.943. The van der Waals surface area contributed by atoms with Crippen LogP contribution in [0.2, 0.25) is 5.02 Å². The lowest BCUT2D eigenvalue weighted by atomic mass is 10.1. The molecule has 1 aromatic carbocycles. The minimum Gasteiger partial charge on any atom is -0.142 e. The first-order chi connectivity index (χ1) is 6.24. The van der Waals surface area contributed by atoms with Gasteiger partial charge in [0, 0.05) is 0 Å². The SMILES string of the molecule is CCc1ccc2c(C)csc2c1Cl. The zero-order chi connectivity index (χ0) is 9.42. The van der Waals surface area contributed by atoms with Gasteiger partial charge in [-0.15, -0.1) is 11.3 Å². The van der Waals surface area contributed by atoms with Gasteiger partial charge in [-0.05, 0) is 35.2 Å². The smallest absolute Gasteiger partial charge is 0.0616 e. The Bertz CT molecular complexity index is 443. The molecule has 1 heterocycles. The number of benzene rings is 1. The third-order valence-corrected chi connectivity index (χ3v) is 4.01. The van der Waals surface area contributed by atoms with Crippen LogP contribution in [0.15, 0.2) is 17.5 Å². The monoisotopic (exact) mass is 210 g/mol. The molecule has 0 aliphatic rings. The van der Waals surface area contributed by atoms with Crippen molar-refractivity contribution in [3.8, 4) is 0 Å². The molecule has 0 unspecified atom stereocenters. The van der Waals surface area contributed by atoms with Crippen LogP contribution in [-0.2, 0) is 6.42 Å². The Morgan fingerprint density at radius 1 is 1.38 bits per heavy atom. The summed E-state index contributed by atoms with van der Waals surface area (Å²) in [6.45, 7) is 4.26. The molecule has 0 saturated heterocycles. The Kier molecular flexibility index (Phi) is 2.31. The Balaban J connectivity index is 2.80. The van der Waals surface area contributed by atoms with E-state index in [2.05, 4.69) is 31.4 Å². The van der Waals surface area contributed by atoms with Crippen molar-refractivity contribution in [2.75, 3.05) is 0 Å². The summed E-state index contributed by atoms with van der Waals surface area (Å²) in [5.74, 6) is 0. The van der Waals surface area contributed by atoms with Crippen molar-refractivity contribution in [1.29, 1.82) is 0 Å². The van der Waals surface area contributed by atoms with Gasteiger partial charge in [0.1, 0.15) is 0 Å². The van der Waals surface area contributed by atoms with E-state index < -0.39 is 0 Å². The third kappa shape index (κ3) is 1.36. The summed E-state index contributed by atoms with van der Waals surface area (Å²) >= 11 is 8.00. The molecule has 13 heavy (non-hydrogen) atoms. The summed E-state index contributed by atoms with van der Waals surface area (Å²) in [6, 6.07) is 4.30. The highest BCUT2D eigenvalue weighted by Crippen LogP contribution is 2.34. The second-order valence-electron chi connectivity index (χ2n) is 3.19. The Morgan fingerprint density at radius 3 is 2.85 bits per heavy atom. The van der Waals surface area contributed by atoms with Crippen molar-refractivity contribution in [3.63, 3.8) is 0 Å². The number of hydrogen-bond donors (Lipinski definition) is 0. The average molecular weight is 211 g/mol. The molecule has 0 aliphatic carbocycles. The molecule has 0 amide bonds. The van der Waals surface area contributed by atoms with Crippen LogP contribution in [0, 0.1) is 6.92 Å². The van der Waals surface area contributed by atoms with Gasteiger partial charge in [-0.25, -0.2) is 0 Å². The van der Waals surface area contributed by atoms with Crippen LogP contribution < -0.4 is 0 Å². The Labute approximate surface area is 87.2 Å². The van der Waals surface area contributed by atoms with E-state index >= 15 is 0 Å². The fourth-order valence-corrected chi connectivity index (χ4v) is 2.95. The standard InChI is InChI=1S/C11H11ClS/c1-3-8-4-5-9-7(2)6-13-11(9)10(8)12/h4-6H,3H2,1-2H3. The molecular formula is C11H11ClS. The van der Waals surface area contributed by atoms with Crippen LogP contribution in [0.3, 0.4) is 0 Å². The lowest BCUT2D eigenvalue weighted by Crippen LogP contribution is -1.81. The van der Waals surface area contributed by atoms with Crippen molar-refractivity contribution in [2.45, 2.75) is 20.3 Å². The molecule has 0 fully saturated rings. The van der Waals surface area contributed by atoms with Crippen molar-refractivity contribution in [3.05, 3.63) is 33.7 Å². The van der Waals surface area contributed by atoms with Crippen molar-refractivity contribution >= 4 is 33.0 Å². The molecule has 68 valence electrons. The number of halogens is 1. The van der Waals surface area contributed by atoms with Gasteiger partial charge in [0.15, 0.2) is 0 Å². The van der Waals surface area contributed by atoms with E-state index in [-0.39, 0.29) is 0 Å². The molecule has 0 saturated carbocycles. The van der Waals surface area contributed by atoms with E-state index in [1.807, 2.05) is 0 Å². The molecule has 2 aromatic rings. The Hall–Kier alpha value is -0.530. The van der Waals surface area contributed by atoms with Crippen LogP contribution in [0.25, 0.3) is 10.1 Å². The number of aryl methyl sites for hydroxylation is 2. The van der Waals surface area contributed by atoms with Gasteiger partial charge in [0.05, 0.1) is 9.72 Å². The maximum atomic E-state index is 6.27. The van der Waals surface area contributed by atoms with E-state index in [1.165, 1.54) is 21.2 Å². The molecule has 0 atom stereocenters. The minimum absolute atomic E-state index is 0.943. The third-order valence-electron chi connectivity index (χ3n) is 2.34. The quantitative estimate of drug-likeness (QED) is 0.654. The molecule has 0 bridgehead atoms. The molecule has 0 aliphatic heterocycles. The van der Waals surface area contributed by atoms with Gasteiger partial charge in [0.2, 0.25) is 0 Å². The number of hydrogen-bond acceptors (Lipinski definition) is 1. The van der Waals surface area contributed by atoms with Crippen LogP contribution in [-0.4, -0.2) is 0 Å². The number of rotatable bonds is 1. The summed E-state index contributed by atoms with van der Waals surface area (Å²) in [4.78, 5) is 0. The number of fused-ring (bicyclic) bond motifs is 1. The maximum Gasteiger partial charge on any atom is 0.0616 e. The van der Waals surface area contributed by atoms with E-state index in [4.69, 9.17) is 11.6 Å². The molecule has 2 heteroatoms. The molecule has 0 N–H and O–H groups in total. The zero-order valence-corrected chi connectivity index (χ0v) is 9.30. The van der Waals surface area contributed by atoms with Gasteiger partial charge in [-0.2, -0.15) is 0 Å². The molecular weight excluding hydrogens is 200 g/mol. The van der Waals surface area contributed by atoms with Crippen LogP contribution in [0.1, 0.15) is 18.1 Å². The maximum absolute atomic E-state index is 6.27. The van der Waals surface area contributed by atoms with Crippen molar-refractivity contribution < 1.29 is 0 Å². The van der Waals surface area contributed by atoms with Gasteiger partial charge < -0.3 is 0 Å². The number of thiophene rings is 1. The van der Waals surface area contributed by atoms with Gasteiger partial charge >= 0.3 is 0 Å². The molecule has 1 aromatic heterocycles. The predicted molar refractivity (Wildman–Crippen MR) is 61.0 cm³/mol. The van der Waals surface area contributed by atoms with Gasteiger partial charge in [-0.1, -0.05) is 30.7 Å². The normalized spacial score (nSPS) is 11.0. The second kappa shape index (κ2) is 3.32. The van der Waals surface area contributed by atoms with Gasteiger partial charge in [-0.3, -0.25) is 0 Å². The Morgan fingerprint density at radius 2 is 2.15 bits per heavy atom. The fraction of sp³-hybridized carbons (Fsp3) is 0.273. The van der Waals surface area contributed by atoms with E-state index in [0.29, 0.717) is 0 Å². The first-order valence-corrected chi connectivity index (χ1v) is 5.65. The van der Waals surface area contributed by atoms with Crippen molar-refractivity contribution in [1.82, 2.24) is 0 Å². The lowest BCUT2D eigenvalue weighted by molar-refractivity contribution is 1.15. The summed E-state index contributed by atoms with van der Waals surface area (Å²) in [7, 11) is 0.